The van der Waals surface area contributed by atoms with E-state index in [9.17, 15) is 0 Å². The van der Waals surface area contributed by atoms with Crippen molar-refractivity contribution < 1.29 is 0 Å². The average Bonchev–Trinajstić information content (AvgIpc) is 3.16. The Morgan fingerprint density at radius 3 is 2.71 bits per heavy atom. The van der Waals surface area contributed by atoms with E-state index in [1.807, 2.05) is 41.1 Å². The standard InChI is InChI=1S/C13H10N8/c14-10-3-1-9(2-4-10)13-15-7-8-20(13)12-6-5-11-16-18-19-21(11)17-12/h1-8H,14H2. The molecule has 0 bridgehead atoms. The minimum atomic E-state index is 0.591. The van der Waals surface area contributed by atoms with Crippen molar-refractivity contribution in [3.05, 3.63) is 48.8 Å². The van der Waals surface area contributed by atoms with Gasteiger partial charge in [-0.3, -0.25) is 4.57 Å². The highest BCUT2D eigenvalue weighted by atomic mass is 15.6. The van der Waals surface area contributed by atoms with Crippen LogP contribution in [0.2, 0.25) is 0 Å². The number of aromatic nitrogens is 7. The van der Waals surface area contributed by atoms with Gasteiger partial charge in [0.25, 0.3) is 0 Å². The molecule has 0 saturated carbocycles. The van der Waals surface area contributed by atoms with E-state index in [1.54, 1.807) is 12.3 Å². The average molecular weight is 278 g/mol. The van der Waals surface area contributed by atoms with Crippen LogP contribution in [0.4, 0.5) is 5.69 Å². The molecule has 21 heavy (non-hydrogen) atoms. The summed E-state index contributed by atoms with van der Waals surface area (Å²) < 4.78 is 3.24. The molecule has 0 aliphatic carbocycles. The fourth-order valence-electron chi connectivity index (χ4n) is 2.10. The maximum absolute atomic E-state index is 5.71. The van der Waals surface area contributed by atoms with Crippen molar-refractivity contribution in [1.29, 1.82) is 0 Å². The van der Waals surface area contributed by atoms with Crippen LogP contribution in [0, 0.1) is 0 Å². The van der Waals surface area contributed by atoms with Gasteiger partial charge in [0.2, 0.25) is 0 Å². The first-order valence-electron chi connectivity index (χ1n) is 6.26. The number of fused-ring (bicyclic) bond motifs is 1. The zero-order valence-corrected chi connectivity index (χ0v) is 10.8. The first-order valence-corrected chi connectivity index (χ1v) is 6.26. The molecule has 3 aromatic heterocycles. The van der Waals surface area contributed by atoms with Crippen molar-refractivity contribution in [2.45, 2.75) is 0 Å². The smallest absolute Gasteiger partial charge is 0.200 e. The third-order valence-corrected chi connectivity index (χ3v) is 3.11. The molecule has 0 radical (unpaired) electrons. The summed E-state index contributed by atoms with van der Waals surface area (Å²) in [7, 11) is 0. The predicted molar refractivity (Wildman–Crippen MR) is 75.5 cm³/mol. The molecule has 0 amide bonds. The minimum Gasteiger partial charge on any atom is -0.399 e. The molecule has 0 aliphatic rings. The zero-order chi connectivity index (χ0) is 14.2. The molecule has 2 N–H and O–H groups in total. The Labute approximate surface area is 118 Å². The van der Waals surface area contributed by atoms with E-state index < -0.39 is 0 Å². The van der Waals surface area contributed by atoms with Crippen LogP contribution in [0.5, 0.6) is 0 Å². The van der Waals surface area contributed by atoms with Gasteiger partial charge >= 0.3 is 0 Å². The number of benzene rings is 1. The SMILES string of the molecule is Nc1ccc(-c2nccn2-c2ccc3nnnn3n2)cc1. The predicted octanol–water partition coefficient (Wildman–Crippen LogP) is 0.954. The highest BCUT2D eigenvalue weighted by molar-refractivity contribution is 5.61. The lowest BCUT2D eigenvalue weighted by Crippen LogP contribution is -2.04. The molecule has 8 heteroatoms. The molecular weight excluding hydrogens is 268 g/mol. The summed E-state index contributed by atoms with van der Waals surface area (Å²) >= 11 is 0. The Hall–Kier alpha value is -3.29. The monoisotopic (exact) mass is 278 g/mol. The van der Waals surface area contributed by atoms with Gasteiger partial charge in [-0.2, -0.15) is 0 Å². The minimum absolute atomic E-state index is 0.591. The third-order valence-electron chi connectivity index (χ3n) is 3.11. The van der Waals surface area contributed by atoms with Gasteiger partial charge in [0, 0.05) is 23.6 Å². The van der Waals surface area contributed by atoms with Crippen molar-refractivity contribution in [2.75, 3.05) is 5.73 Å². The van der Waals surface area contributed by atoms with Crippen LogP contribution in [-0.4, -0.2) is 34.8 Å². The van der Waals surface area contributed by atoms with Gasteiger partial charge in [-0.25, -0.2) is 4.98 Å². The van der Waals surface area contributed by atoms with Crippen molar-refractivity contribution in [3.63, 3.8) is 0 Å². The molecule has 0 atom stereocenters. The van der Waals surface area contributed by atoms with Gasteiger partial charge in [0.1, 0.15) is 5.82 Å². The molecule has 0 unspecified atom stereocenters. The van der Waals surface area contributed by atoms with E-state index >= 15 is 0 Å². The molecule has 4 rings (SSSR count). The van der Waals surface area contributed by atoms with Crippen LogP contribution in [-0.2, 0) is 0 Å². The Balaban J connectivity index is 1.85. The van der Waals surface area contributed by atoms with Crippen LogP contribution in [0.3, 0.4) is 0 Å². The van der Waals surface area contributed by atoms with Gasteiger partial charge in [-0.05, 0) is 46.8 Å². The Morgan fingerprint density at radius 1 is 1.00 bits per heavy atom. The molecule has 0 aliphatic heterocycles. The lowest BCUT2D eigenvalue weighted by atomic mass is 10.2. The first-order chi connectivity index (χ1) is 10.3. The molecule has 8 nitrogen and oxygen atoms in total. The van der Waals surface area contributed by atoms with E-state index in [2.05, 4.69) is 25.6 Å². The highest BCUT2D eigenvalue weighted by Crippen LogP contribution is 2.21. The van der Waals surface area contributed by atoms with Crippen molar-refractivity contribution in [1.82, 2.24) is 34.8 Å². The number of imidazole rings is 1. The molecule has 4 aromatic rings. The lowest BCUT2D eigenvalue weighted by Gasteiger charge is -2.07. The maximum atomic E-state index is 5.71. The zero-order valence-electron chi connectivity index (χ0n) is 10.8. The van der Waals surface area contributed by atoms with Crippen LogP contribution in [0.25, 0.3) is 22.9 Å². The number of hydrogen-bond donors (Lipinski definition) is 1. The number of nitrogen functional groups attached to an aromatic ring is 1. The second-order valence-corrected chi connectivity index (χ2v) is 4.46. The van der Waals surface area contributed by atoms with Crippen LogP contribution in [0.15, 0.2) is 48.8 Å². The highest BCUT2D eigenvalue weighted by Gasteiger charge is 2.10. The van der Waals surface area contributed by atoms with E-state index in [-0.39, 0.29) is 0 Å². The second kappa shape index (κ2) is 4.37. The topological polar surface area (TPSA) is 99.8 Å². The van der Waals surface area contributed by atoms with Gasteiger partial charge in [-0.1, -0.05) is 0 Å². The fourth-order valence-corrected chi connectivity index (χ4v) is 2.10. The summed E-state index contributed by atoms with van der Waals surface area (Å²) in [5.74, 6) is 1.45. The van der Waals surface area contributed by atoms with Gasteiger partial charge < -0.3 is 5.73 Å². The van der Waals surface area contributed by atoms with Gasteiger partial charge in [0.15, 0.2) is 11.5 Å². The maximum Gasteiger partial charge on any atom is 0.200 e. The largest absolute Gasteiger partial charge is 0.399 e. The summed E-state index contributed by atoms with van der Waals surface area (Å²) in [5.41, 5.74) is 7.97. The summed E-state index contributed by atoms with van der Waals surface area (Å²) in [6.07, 6.45) is 3.56. The number of rotatable bonds is 2. The van der Waals surface area contributed by atoms with E-state index in [0.717, 1.165) is 11.4 Å². The first kappa shape index (κ1) is 11.5. The Kier molecular flexibility index (Phi) is 2.40. The summed E-state index contributed by atoms with van der Waals surface area (Å²) in [6.45, 7) is 0. The lowest BCUT2D eigenvalue weighted by molar-refractivity contribution is 0.718. The number of hydrogen-bond acceptors (Lipinski definition) is 6. The van der Waals surface area contributed by atoms with Crippen molar-refractivity contribution in [2.24, 2.45) is 0 Å². The molecular formula is C13H10N8. The molecule has 0 spiro atoms. The molecule has 102 valence electrons. The summed E-state index contributed by atoms with van der Waals surface area (Å²) in [5, 5.41) is 15.6. The number of anilines is 1. The van der Waals surface area contributed by atoms with E-state index in [0.29, 0.717) is 17.2 Å². The van der Waals surface area contributed by atoms with Crippen molar-refractivity contribution >= 4 is 11.3 Å². The second-order valence-electron chi connectivity index (χ2n) is 4.46. The number of nitrogens with zero attached hydrogens (tertiary/aromatic N) is 7. The molecule has 0 saturated heterocycles. The quantitative estimate of drug-likeness (QED) is 0.548. The Morgan fingerprint density at radius 2 is 1.86 bits per heavy atom. The molecule has 1 aromatic carbocycles. The van der Waals surface area contributed by atoms with Crippen LogP contribution in [0.1, 0.15) is 0 Å². The third kappa shape index (κ3) is 1.89. The van der Waals surface area contributed by atoms with Crippen LogP contribution >= 0.6 is 0 Å². The number of tetrazole rings is 1. The normalized spacial score (nSPS) is 11.0. The fraction of sp³-hybridized carbons (Fsp3) is 0. The van der Waals surface area contributed by atoms with E-state index in [1.165, 1.54) is 4.63 Å². The Bertz CT molecular complexity index is 905. The number of nitrogens with two attached hydrogens (primary N) is 1. The van der Waals surface area contributed by atoms with Crippen molar-refractivity contribution in [3.8, 4) is 17.2 Å². The van der Waals surface area contributed by atoms with Gasteiger partial charge in [-0.15, -0.1) is 14.8 Å². The summed E-state index contributed by atoms with van der Waals surface area (Å²) in [6, 6.07) is 11.2. The molecule has 3 heterocycles. The van der Waals surface area contributed by atoms with E-state index in [4.69, 9.17) is 5.73 Å². The summed E-state index contributed by atoms with van der Waals surface area (Å²) in [4.78, 5) is 4.38. The van der Waals surface area contributed by atoms with Gasteiger partial charge in [0.05, 0.1) is 0 Å². The van der Waals surface area contributed by atoms with Crippen LogP contribution < -0.4 is 5.73 Å². The molecule has 0 fully saturated rings.